The average Bonchev–Trinajstić information content (AvgIpc) is 3.05. The molecule has 1 amide bonds. The van der Waals surface area contributed by atoms with Crippen LogP contribution in [0, 0.1) is 25.7 Å². The Kier molecular flexibility index (Phi) is 8.30. The molecule has 1 unspecified atom stereocenters. The quantitative estimate of drug-likeness (QED) is 0.108. The van der Waals surface area contributed by atoms with Crippen molar-refractivity contribution in [1.29, 1.82) is 0 Å². The van der Waals surface area contributed by atoms with Crippen LogP contribution in [-0.2, 0) is 45.4 Å². The molecular weight excluding hydrogens is 580 g/mol. The first-order chi connectivity index (χ1) is 20.8. The number of aromatic nitrogens is 2. The van der Waals surface area contributed by atoms with Crippen LogP contribution in [0.3, 0.4) is 0 Å². The summed E-state index contributed by atoms with van der Waals surface area (Å²) in [5.41, 5.74) is 6.13. The molecule has 0 aliphatic carbocycles. The van der Waals surface area contributed by atoms with Crippen molar-refractivity contribution < 1.29 is 29.7 Å². The summed E-state index contributed by atoms with van der Waals surface area (Å²) >= 11 is 1.16. The van der Waals surface area contributed by atoms with Crippen LogP contribution in [-0.4, -0.2) is 58.8 Å². The second-order valence-electron chi connectivity index (χ2n) is 12.4. The van der Waals surface area contributed by atoms with E-state index < -0.39 is 16.8 Å². The van der Waals surface area contributed by atoms with Crippen molar-refractivity contribution in [3.63, 3.8) is 0 Å². The third-order valence-electron chi connectivity index (χ3n) is 10.1. The number of fused-ring (bicyclic) bond motifs is 1. The molecule has 3 aliphatic rings. The summed E-state index contributed by atoms with van der Waals surface area (Å²) < 4.78 is -0.150. The Morgan fingerprint density at radius 2 is 1.68 bits per heavy atom. The Labute approximate surface area is 260 Å². The Bertz CT molecular complexity index is 1700. The molecule has 0 radical (unpaired) electrons. The van der Waals surface area contributed by atoms with Gasteiger partial charge in [0.2, 0.25) is 10.7 Å². The first kappa shape index (κ1) is 31.6. The van der Waals surface area contributed by atoms with E-state index in [1.807, 2.05) is 33.8 Å². The van der Waals surface area contributed by atoms with Crippen molar-refractivity contribution in [2.24, 2.45) is 11.8 Å². The number of carbonyl (C=O) groups excluding carboxylic acids is 1. The second-order valence-corrected chi connectivity index (χ2v) is 14.1. The van der Waals surface area contributed by atoms with Crippen LogP contribution in [0.2, 0.25) is 0 Å². The Morgan fingerprint density at radius 3 is 2.27 bits per heavy atom. The smallest absolute Gasteiger partial charge is 0.303 e. The monoisotopic (exact) mass is 623 g/mol. The van der Waals surface area contributed by atoms with Gasteiger partial charge < -0.3 is 35.9 Å². The maximum Gasteiger partial charge on any atom is 0.303 e. The number of thiol groups is 1. The molecule has 2 aromatic rings. The number of aliphatic hydroxyl groups excluding tert-OH is 1. The lowest BCUT2D eigenvalue weighted by atomic mass is 9.89. The fourth-order valence-corrected chi connectivity index (χ4v) is 9.08. The molecule has 236 valence electrons. The molecule has 10 nitrogen and oxygen atoms in total. The second kappa shape index (κ2) is 11.6. The molecule has 3 aliphatic heterocycles. The fourth-order valence-electron chi connectivity index (χ4n) is 7.21. The predicted octanol–water partition coefficient (Wildman–Crippen LogP) is 2.15. The van der Waals surface area contributed by atoms with Crippen LogP contribution in [0.15, 0.2) is 24.1 Å². The minimum Gasteiger partial charge on any atom is -0.495 e. The highest BCUT2D eigenvalue weighted by atomic mass is 32.2. The number of amides is 1. The van der Waals surface area contributed by atoms with Gasteiger partial charge in [-0.1, -0.05) is 26.5 Å². The number of carboxylic acids is 2. The zero-order valence-corrected chi connectivity index (χ0v) is 26.8. The van der Waals surface area contributed by atoms with Gasteiger partial charge in [0.05, 0.1) is 5.92 Å². The van der Waals surface area contributed by atoms with Crippen molar-refractivity contribution in [2.45, 2.75) is 88.8 Å². The van der Waals surface area contributed by atoms with Crippen LogP contribution >= 0.6 is 0 Å². The molecule has 5 heterocycles. The first-order valence-corrected chi connectivity index (χ1v) is 16.1. The minimum absolute atomic E-state index is 0.0343. The average molecular weight is 624 g/mol. The Morgan fingerprint density at radius 1 is 1.02 bits per heavy atom. The molecule has 44 heavy (non-hydrogen) atoms. The summed E-state index contributed by atoms with van der Waals surface area (Å²) in [4.78, 5) is 42.4. The van der Waals surface area contributed by atoms with Crippen LogP contribution < -0.4 is 21.3 Å². The molecule has 5 rings (SSSR count). The Hall–Kier alpha value is -3.86. The molecule has 5 atom stereocenters. The molecule has 0 bridgehead atoms. The SMILES string of the molecule is C=CC1=C(O)N[C@H](Cc2[nH]c(/C=c3\[nH]/c(=C/[C@@]45NC(=O)[C@H](C)[C@]4(CC)[SH+]5)c(C)c3CCC(=O)O)c(CCC(=O)O)c2C)C1C. The number of aromatic amines is 2. The van der Waals surface area contributed by atoms with E-state index in [4.69, 9.17) is 0 Å². The molecular formula is C33H43N4O6S+. The maximum absolute atomic E-state index is 12.6. The lowest BCUT2D eigenvalue weighted by Crippen LogP contribution is -2.34. The number of hydrogen-bond donors (Lipinski definition) is 7. The van der Waals surface area contributed by atoms with Gasteiger partial charge in [-0.15, -0.1) is 0 Å². The van der Waals surface area contributed by atoms with Gasteiger partial charge in [-0.2, -0.15) is 0 Å². The van der Waals surface area contributed by atoms with Gasteiger partial charge in [-0.25, -0.2) is 0 Å². The number of H-pyrrole nitrogens is 2. The number of rotatable bonds is 12. The third kappa shape index (κ3) is 5.25. The number of carbonyl (C=O) groups is 3. The number of nitrogens with one attached hydrogen (secondary N) is 4. The number of aliphatic carboxylic acids is 2. The highest BCUT2D eigenvalue weighted by molar-refractivity contribution is 7.90. The van der Waals surface area contributed by atoms with E-state index in [0.717, 1.165) is 68.1 Å². The van der Waals surface area contributed by atoms with E-state index in [1.165, 1.54) is 0 Å². The van der Waals surface area contributed by atoms with Gasteiger partial charge in [0.1, 0.15) is 0 Å². The van der Waals surface area contributed by atoms with E-state index in [9.17, 15) is 29.7 Å². The molecule has 7 N–H and O–H groups in total. The van der Waals surface area contributed by atoms with E-state index in [2.05, 4.69) is 40.2 Å². The molecule has 0 aromatic carbocycles. The normalized spacial score (nSPS) is 28.3. The van der Waals surface area contributed by atoms with Crippen molar-refractivity contribution in [2.75, 3.05) is 0 Å². The number of allylic oxidation sites excluding steroid dienone is 1. The predicted molar refractivity (Wildman–Crippen MR) is 172 cm³/mol. The standard InChI is InChI=1S/C33H42N4O6S/c1-7-20-16(3)24(36-31(20)43)13-23-17(4)21(9-11-28(38)39)25(34-23)14-26-22(10-12-29(40)41)18(5)27(35-26)15-33-32(8-2,44-33)19(6)30(42)37-33/h7,14-16,19,24,34-36,43H,1,8-13H2,2-6H3,(H,37,42)(H,38,39)(H,40,41)/p+1/b26-14-,27-15+/t16?,19-,24+,32-,33-/m0/s1. The van der Waals surface area contributed by atoms with E-state index in [1.54, 1.807) is 6.08 Å². The van der Waals surface area contributed by atoms with Crippen molar-refractivity contribution in [1.82, 2.24) is 20.6 Å². The summed E-state index contributed by atoms with van der Waals surface area (Å²) in [6, 6.07) is -0.0691. The molecule has 2 aromatic heterocycles. The van der Waals surface area contributed by atoms with Crippen LogP contribution in [0.25, 0.3) is 12.2 Å². The van der Waals surface area contributed by atoms with Gasteiger partial charge >= 0.3 is 11.9 Å². The lowest BCUT2D eigenvalue weighted by Gasteiger charge is -2.17. The topological polar surface area (TPSA) is 168 Å². The van der Waals surface area contributed by atoms with Gasteiger partial charge in [0.15, 0.2) is 5.88 Å². The van der Waals surface area contributed by atoms with Crippen LogP contribution in [0.1, 0.15) is 73.7 Å². The van der Waals surface area contributed by atoms with Gasteiger partial charge in [0.25, 0.3) is 4.87 Å². The zero-order chi connectivity index (χ0) is 32.1. The largest absolute Gasteiger partial charge is 0.495 e. The summed E-state index contributed by atoms with van der Waals surface area (Å²) in [6.45, 7) is 13.9. The van der Waals surface area contributed by atoms with Gasteiger partial charge in [-0.3, -0.25) is 14.4 Å². The number of aliphatic hydroxyl groups is 1. The van der Waals surface area contributed by atoms with Crippen LogP contribution in [0.4, 0.5) is 0 Å². The molecule has 2 saturated heterocycles. The number of hydrogen-bond acceptors (Lipinski definition) is 5. The third-order valence-corrected chi connectivity index (χ3v) is 12.3. The minimum atomic E-state index is -0.891. The highest BCUT2D eigenvalue weighted by Gasteiger charge is 2.86. The summed E-state index contributed by atoms with van der Waals surface area (Å²) in [5.74, 6) is -1.66. The van der Waals surface area contributed by atoms with Crippen LogP contribution in [0.5, 0.6) is 0 Å². The lowest BCUT2D eigenvalue weighted by molar-refractivity contribution is -0.138. The van der Waals surface area contributed by atoms with E-state index in [-0.39, 0.29) is 47.3 Å². The van der Waals surface area contributed by atoms with Crippen molar-refractivity contribution in [3.05, 3.63) is 68.5 Å². The van der Waals surface area contributed by atoms with Crippen molar-refractivity contribution >= 4 is 41.8 Å². The Balaban J connectivity index is 1.60. The van der Waals surface area contributed by atoms with Crippen molar-refractivity contribution in [3.8, 4) is 0 Å². The van der Waals surface area contributed by atoms with Gasteiger partial charge in [-0.05, 0) is 61.9 Å². The zero-order valence-electron chi connectivity index (χ0n) is 25.9. The van der Waals surface area contributed by atoms with E-state index >= 15 is 0 Å². The maximum atomic E-state index is 12.6. The van der Waals surface area contributed by atoms with E-state index in [0.29, 0.717) is 19.3 Å². The summed E-state index contributed by atoms with van der Waals surface area (Å²) in [7, 11) is 0. The first-order valence-electron chi connectivity index (χ1n) is 15.2. The van der Waals surface area contributed by atoms with Gasteiger partial charge in [0, 0.05) is 83.1 Å². The summed E-state index contributed by atoms with van der Waals surface area (Å²) in [5, 5.41) is 37.3. The number of carboxylic acid groups (broad SMARTS) is 2. The highest BCUT2D eigenvalue weighted by Crippen LogP contribution is 2.59. The summed E-state index contributed by atoms with van der Waals surface area (Å²) in [6.07, 6.45) is 7.74. The molecule has 11 heteroatoms. The molecule has 0 saturated carbocycles. The fraction of sp³-hybridized carbons (Fsp3) is 0.485. The molecule has 2 fully saturated rings. The molecule has 0 spiro atoms.